The fourth-order valence-corrected chi connectivity index (χ4v) is 2.10. The number of alkyl halides is 1. The molecule has 0 aromatic heterocycles. The lowest BCUT2D eigenvalue weighted by atomic mass is 9.98. The average Bonchev–Trinajstić information content (AvgIpc) is 2.27. The molecule has 0 aliphatic carbocycles. The predicted molar refractivity (Wildman–Crippen MR) is 68.0 cm³/mol. The smallest absolute Gasteiger partial charge is 0.175 e. The second kappa shape index (κ2) is 5.49. The third-order valence-electron chi connectivity index (χ3n) is 2.45. The van der Waals surface area contributed by atoms with Crippen molar-refractivity contribution >= 4 is 28.4 Å². The van der Waals surface area contributed by atoms with Gasteiger partial charge in [-0.2, -0.15) is 0 Å². The maximum atomic E-state index is 11.9. The van der Waals surface area contributed by atoms with Crippen molar-refractivity contribution < 1.29 is 4.79 Å². The number of Topliss-reactive ketones (excluding diaryl/α,β-unsaturated/α-hetero) is 1. The molecule has 2 atom stereocenters. The maximum Gasteiger partial charge on any atom is 0.175 e. The van der Waals surface area contributed by atoms with Crippen molar-refractivity contribution in [2.45, 2.75) is 24.2 Å². The van der Waals surface area contributed by atoms with Crippen LogP contribution in [0.1, 0.15) is 30.6 Å². The van der Waals surface area contributed by atoms with Crippen LogP contribution in [0.4, 0.5) is 0 Å². The Labute approximate surface area is 99.0 Å². The lowest BCUT2D eigenvalue weighted by Crippen LogP contribution is -2.21. The van der Waals surface area contributed by atoms with E-state index in [1.807, 2.05) is 30.3 Å². The summed E-state index contributed by atoms with van der Waals surface area (Å²) in [6, 6.07) is 9.52. The minimum Gasteiger partial charge on any atom is -0.293 e. The Morgan fingerprint density at radius 1 is 1.36 bits per heavy atom. The highest BCUT2D eigenvalue weighted by Gasteiger charge is 2.21. The van der Waals surface area contributed by atoms with Gasteiger partial charge in [0.25, 0.3) is 0 Å². The number of carbonyl (C=O) groups excluding carboxylic acids is 1. The van der Waals surface area contributed by atoms with Gasteiger partial charge < -0.3 is 0 Å². The zero-order chi connectivity index (χ0) is 10.6. The maximum absolute atomic E-state index is 11.9. The van der Waals surface area contributed by atoms with E-state index in [2.05, 4.69) is 36.4 Å². The molecule has 1 rings (SSSR count). The fourth-order valence-electron chi connectivity index (χ4n) is 1.23. The summed E-state index contributed by atoms with van der Waals surface area (Å²) in [5.74, 6) is 0.698. The molecular formula is C12H15IO. The second-order valence-electron chi connectivity index (χ2n) is 3.52. The first kappa shape index (κ1) is 11.7. The summed E-state index contributed by atoms with van der Waals surface area (Å²) in [6.07, 6.45) is 1.05. The van der Waals surface area contributed by atoms with E-state index in [1.54, 1.807) is 0 Å². The van der Waals surface area contributed by atoms with E-state index in [0.717, 1.165) is 12.0 Å². The monoisotopic (exact) mass is 302 g/mol. The molecule has 0 fully saturated rings. The number of rotatable bonds is 4. The summed E-state index contributed by atoms with van der Waals surface area (Å²) in [6.45, 7) is 4.24. The quantitative estimate of drug-likeness (QED) is 0.471. The molecule has 0 saturated heterocycles. The van der Waals surface area contributed by atoms with E-state index in [0.29, 0.717) is 5.92 Å². The van der Waals surface area contributed by atoms with Crippen LogP contribution in [-0.2, 0) is 0 Å². The molecule has 1 nitrogen and oxygen atoms in total. The Hall–Kier alpha value is -0.380. The summed E-state index contributed by atoms with van der Waals surface area (Å²) >= 11 is 2.25. The lowest BCUT2D eigenvalue weighted by molar-refractivity contribution is 0.0978. The van der Waals surface area contributed by atoms with Crippen LogP contribution >= 0.6 is 22.6 Å². The summed E-state index contributed by atoms with van der Waals surface area (Å²) in [4.78, 5) is 11.9. The van der Waals surface area contributed by atoms with Gasteiger partial charge in [0.05, 0.1) is 3.92 Å². The van der Waals surface area contributed by atoms with Crippen molar-refractivity contribution in [2.24, 2.45) is 5.92 Å². The zero-order valence-corrected chi connectivity index (χ0v) is 10.7. The molecule has 0 amide bonds. The molecule has 0 N–H and O–H groups in total. The predicted octanol–water partition coefficient (Wildman–Crippen LogP) is 3.72. The summed E-state index contributed by atoms with van der Waals surface area (Å²) in [5, 5.41) is 0. The number of hydrogen-bond acceptors (Lipinski definition) is 1. The van der Waals surface area contributed by atoms with E-state index in [9.17, 15) is 4.79 Å². The molecule has 0 aliphatic heterocycles. The van der Waals surface area contributed by atoms with E-state index in [4.69, 9.17) is 0 Å². The molecule has 0 bridgehead atoms. The van der Waals surface area contributed by atoms with Crippen molar-refractivity contribution in [3.8, 4) is 0 Å². The highest BCUT2D eigenvalue weighted by Crippen LogP contribution is 2.21. The molecule has 14 heavy (non-hydrogen) atoms. The minimum atomic E-state index is 0.0972. The zero-order valence-electron chi connectivity index (χ0n) is 8.53. The number of carbonyl (C=O) groups is 1. The van der Waals surface area contributed by atoms with E-state index >= 15 is 0 Å². The van der Waals surface area contributed by atoms with Gasteiger partial charge in [0, 0.05) is 5.56 Å². The van der Waals surface area contributed by atoms with Gasteiger partial charge in [-0.3, -0.25) is 4.79 Å². The minimum absolute atomic E-state index is 0.0972. The van der Waals surface area contributed by atoms with E-state index in [-0.39, 0.29) is 9.71 Å². The van der Waals surface area contributed by atoms with Gasteiger partial charge in [-0.1, -0.05) is 73.2 Å². The van der Waals surface area contributed by atoms with Gasteiger partial charge in [0.15, 0.2) is 5.78 Å². The highest BCUT2D eigenvalue weighted by molar-refractivity contribution is 14.1. The largest absolute Gasteiger partial charge is 0.293 e. The fraction of sp³-hybridized carbons (Fsp3) is 0.417. The number of ketones is 1. The molecule has 2 unspecified atom stereocenters. The molecule has 0 aliphatic rings. The lowest BCUT2D eigenvalue weighted by Gasteiger charge is -2.15. The normalized spacial score (nSPS) is 14.8. The Kier molecular flexibility index (Phi) is 4.58. The van der Waals surface area contributed by atoms with Crippen molar-refractivity contribution in [3.05, 3.63) is 35.9 Å². The molecular weight excluding hydrogens is 287 g/mol. The van der Waals surface area contributed by atoms with Crippen LogP contribution in [0.5, 0.6) is 0 Å². The molecule has 0 spiro atoms. The van der Waals surface area contributed by atoms with Crippen LogP contribution < -0.4 is 0 Å². The number of benzene rings is 1. The first-order valence-electron chi connectivity index (χ1n) is 4.90. The summed E-state index contributed by atoms with van der Waals surface area (Å²) in [5.41, 5.74) is 0.826. The third kappa shape index (κ3) is 2.80. The second-order valence-corrected chi connectivity index (χ2v) is 4.86. The Bertz CT molecular complexity index is 294. The van der Waals surface area contributed by atoms with Crippen LogP contribution in [0.15, 0.2) is 30.3 Å². The molecule has 1 aromatic carbocycles. The number of halogens is 1. The SMILES string of the molecule is CCC(C)C(I)C(=O)c1ccccc1. The Balaban J connectivity index is 2.76. The first-order chi connectivity index (χ1) is 6.66. The molecule has 2 heteroatoms. The molecule has 0 heterocycles. The van der Waals surface area contributed by atoms with E-state index < -0.39 is 0 Å². The van der Waals surface area contributed by atoms with Crippen LogP contribution in [-0.4, -0.2) is 9.71 Å². The Morgan fingerprint density at radius 2 is 1.93 bits per heavy atom. The van der Waals surface area contributed by atoms with Gasteiger partial charge in [-0.25, -0.2) is 0 Å². The topological polar surface area (TPSA) is 17.1 Å². The van der Waals surface area contributed by atoms with Crippen molar-refractivity contribution in [2.75, 3.05) is 0 Å². The van der Waals surface area contributed by atoms with Crippen LogP contribution in [0.3, 0.4) is 0 Å². The van der Waals surface area contributed by atoms with Gasteiger partial charge in [-0.05, 0) is 5.92 Å². The van der Waals surface area contributed by atoms with Crippen molar-refractivity contribution in [1.82, 2.24) is 0 Å². The van der Waals surface area contributed by atoms with Gasteiger partial charge in [0.1, 0.15) is 0 Å². The van der Waals surface area contributed by atoms with Crippen LogP contribution in [0, 0.1) is 5.92 Å². The number of hydrogen-bond donors (Lipinski definition) is 0. The average molecular weight is 302 g/mol. The molecule has 76 valence electrons. The van der Waals surface area contributed by atoms with Crippen LogP contribution in [0.25, 0.3) is 0 Å². The molecule has 0 radical (unpaired) electrons. The first-order valence-corrected chi connectivity index (χ1v) is 6.14. The summed E-state index contributed by atoms with van der Waals surface area (Å²) < 4.78 is 0.0972. The molecule has 0 saturated carbocycles. The molecule has 1 aromatic rings. The van der Waals surface area contributed by atoms with Gasteiger partial charge in [0.2, 0.25) is 0 Å². The van der Waals surface area contributed by atoms with Gasteiger partial charge >= 0.3 is 0 Å². The standard InChI is InChI=1S/C12H15IO/c1-3-9(2)11(13)12(14)10-7-5-4-6-8-10/h4-9,11H,3H2,1-2H3. The van der Waals surface area contributed by atoms with Gasteiger partial charge in [-0.15, -0.1) is 0 Å². The van der Waals surface area contributed by atoms with Crippen molar-refractivity contribution in [1.29, 1.82) is 0 Å². The van der Waals surface area contributed by atoms with Crippen molar-refractivity contribution in [3.63, 3.8) is 0 Å². The highest BCUT2D eigenvalue weighted by atomic mass is 127. The van der Waals surface area contributed by atoms with E-state index in [1.165, 1.54) is 0 Å². The van der Waals surface area contributed by atoms with Crippen LogP contribution in [0.2, 0.25) is 0 Å². The third-order valence-corrected chi connectivity index (χ3v) is 4.25. The summed E-state index contributed by atoms with van der Waals surface area (Å²) in [7, 11) is 0. The Morgan fingerprint density at radius 3 is 2.43 bits per heavy atom.